The molecule has 2 rings (SSSR count). The van der Waals surface area contributed by atoms with E-state index in [1.807, 2.05) is 11.8 Å². The van der Waals surface area contributed by atoms with Crippen LogP contribution in [0.4, 0.5) is 5.82 Å². The van der Waals surface area contributed by atoms with E-state index in [9.17, 15) is 0 Å². The molecule has 6 heteroatoms. The van der Waals surface area contributed by atoms with E-state index in [0.717, 1.165) is 12.2 Å². The van der Waals surface area contributed by atoms with Gasteiger partial charge in [0, 0.05) is 11.8 Å². The molecule has 0 saturated carbocycles. The van der Waals surface area contributed by atoms with Crippen LogP contribution >= 0.6 is 46.6 Å². The lowest BCUT2D eigenvalue weighted by molar-refractivity contribution is 0.682. The van der Waals surface area contributed by atoms with Crippen LogP contribution < -0.4 is 5.32 Å². The van der Waals surface area contributed by atoms with Gasteiger partial charge in [0.1, 0.15) is 11.0 Å². The Morgan fingerprint density at radius 3 is 2.81 bits per heavy atom. The average molecular weight is 298 g/mol. The minimum Gasteiger partial charge on any atom is -0.365 e. The number of nitrogens with zero attached hydrogens (tertiary/aromatic N) is 1. The van der Waals surface area contributed by atoms with Crippen LogP contribution in [0.15, 0.2) is 6.07 Å². The highest BCUT2D eigenvalue weighted by atomic mass is 35.5. The van der Waals surface area contributed by atoms with Crippen LogP contribution in [0.5, 0.6) is 0 Å². The Morgan fingerprint density at radius 1 is 1.31 bits per heavy atom. The van der Waals surface area contributed by atoms with E-state index in [2.05, 4.69) is 10.3 Å². The molecule has 0 spiro atoms. The van der Waals surface area contributed by atoms with Crippen molar-refractivity contribution in [2.24, 2.45) is 0 Å². The summed E-state index contributed by atoms with van der Waals surface area (Å²) in [5.41, 5.74) is 0. The van der Waals surface area contributed by atoms with Crippen LogP contribution in [0.25, 0.3) is 0 Å². The van der Waals surface area contributed by atoms with Gasteiger partial charge in [0.05, 0.1) is 10.0 Å². The maximum Gasteiger partial charge on any atom is 0.150 e. The number of thioether (sulfide) groups is 1. The van der Waals surface area contributed by atoms with Crippen LogP contribution in [0.2, 0.25) is 15.2 Å². The summed E-state index contributed by atoms with van der Waals surface area (Å²) in [4.78, 5) is 4.15. The highest BCUT2D eigenvalue weighted by Crippen LogP contribution is 2.30. The molecule has 1 atom stereocenters. The number of halogens is 3. The zero-order valence-electron chi connectivity index (χ0n) is 8.47. The Labute approximate surface area is 114 Å². The van der Waals surface area contributed by atoms with Crippen molar-refractivity contribution in [3.8, 4) is 0 Å². The van der Waals surface area contributed by atoms with Gasteiger partial charge >= 0.3 is 0 Å². The number of anilines is 1. The third-order valence-corrected chi connectivity index (χ3v) is 4.56. The van der Waals surface area contributed by atoms with Gasteiger partial charge < -0.3 is 5.32 Å². The van der Waals surface area contributed by atoms with Crippen LogP contribution in [-0.4, -0.2) is 22.5 Å². The molecule has 0 amide bonds. The summed E-state index contributed by atoms with van der Waals surface area (Å²) < 4.78 is 0. The fourth-order valence-corrected chi connectivity index (χ4v) is 3.22. The van der Waals surface area contributed by atoms with Crippen molar-refractivity contribution < 1.29 is 0 Å². The standard InChI is InChI=1S/C10H11Cl3N2S/c11-7-4-8(12)10(15-9(7)13)14-6-2-1-3-16-5-6/h4,6H,1-3,5H2,(H,14,15). The minimum absolute atomic E-state index is 0.289. The number of hydrogen-bond donors (Lipinski definition) is 1. The number of aromatic nitrogens is 1. The zero-order valence-corrected chi connectivity index (χ0v) is 11.6. The first-order valence-corrected chi connectivity index (χ1v) is 7.31. The van der Waals surface area contributed by atoms with Crippen LogP contribution in [0.3, 0.4) is 0 Å². The molecule has 0 aliphatic carbocycles. The predicted octanol–water partition coefficient (Wildman–Crippen LogP) is 4.35. The van der Waals surface area contributed by atoms with E-state index >= 15 is 0 Å². The Bertz CT molecular complexity index is 381. The number of pyridine rings is 1. The van der Waals surface area contributed by atoms with Gasteiger partial charge in [-0.2, -0.15) is 11.8 Å². The monoisotopic (exact) mass is 296 g/mol. The van der Waals surface area contributed by atoms with Gasteiger partial charge in [0.2, 0.25) is 0 Å². The quantitative estimate of drug-likeness (QED) is 0.822. The van der Waals surface area contributed by atoms with Crippen molar-refractivity contribution in [2.45, 2.75) is 18.9 Å². The molecule has 1 unspecified atom stereocenters. The third kappa shape index (κ3) is 3.10. The number of rotatable bonds is 2. The molecule has 1 aromatic heterocycles. The molecule has 0 aromatic carbocycles. The number of hydrogen-bond acceptors (Lipinski definition) is 3. The maximum atomic E-state index is 6.05. The fraction of sp³-hybridized carbons (Fsp3) is 0.500. The molecule has 16 heavy (non-hydrogen) atoms. The third-order valence-electron chi connectivity index (χ3n) is 2.39. The Morgan fingerprint density at radius 2 is 2.12 bits per heavy atom. The van der Waals surface area contributed by atoms with Crippen molar-refractivity contribution in [3.63, 3.8) is 0 Å². The molecule has 88 valence electrons. The van der Waals surface area contributed by atoms with Gasteiger partial charge in [-0.1, -0.05) is 34.8 Å². The van der Waals surface area contributed by atoms with E-state index in [4.69, 9.17) is 34.8 Å². The molecule has 1 aliphatic rings. The fourth-order valence-electron chi connectivity index (χ4n) is 1.59. The van der Waals surface area contributed by atoms with Crippen molar-refractivity contribution in [3.05, 3.63) is 21.3 Å². The SMILES string of the molecule is Clc1cc(Cl)c(NC2CCCSC2)nc1Cl. The smallest absolute Gasteiger partial charge is 0.150 e. The molecule has 1 saturated heterocycles. The van der Waals surface area contributed by atoms with Gasteiger partial charge in [0.25, 0.3) is 0 Å². The molecule has 0 bridgehead atoms. The number of nitrogens with one attached hydrogen (secondary N) is 1. The first kappa shape index (κ1) is 12.6. The molecular weight excluding hydrogens is 287 g/mol. The molecule has 1 N–H and O–H groups in total. The summed E-state index contributed by atoms with van der Waals surface area (Å²) in [7, 11) is 0. The van der Waals surface area contributed by atoms with Crippen molar-refractivity contribution in [1.82, 2.24) is 4.98 Å². The molecule has 2 nitrogen and oxygen atoms in total. The van der Waals surface area contributed by atoms with Gasteiger partial charge in [0.15, 0.2) is 0 Å². The van der Waals surface area contributed by atoms with Crippen molar-refractivity contribution in [1.29, 1.82) is 0 Å². The summed E-state index contributed by atoms with van der Waals surface area (Å²) in [6, 6.07) is 2.04. The van der Waals surface area contributed by atoms with Crippen LogP contribution in [0, 0.1) is 0 Å². The van der Waals surface area contributed by atoms with E-state index in [-0.39, 0.29) is 5.15 Å². The van der Waals surface area contributed by atoms with Crippen molar-refractivity contribution >= 4 is 52.4 Å². The first-order valence-electron chi connectivity index (χ1n) is 5.02. The first-order chi connectivity index (χ1) is 7.66. The molecule has 2 heterocycles. The molecular formula is C10H11Cl3N2S. The molecule has 1 aromatic rings. The second-order valence-electron chi connectivity index (χ2n) is 3.65. The molecule has 1 fully saturated rings. The zero-order chi connectivity index (χ0) is 11.5. The Kier molecular flexibility index (Phi) is 4.48. The van der Waals surface area contributed by atoms with Crippen LogP contribution in [-0.2, 0) is 0 Å². The minimum atomic E-state index is 0.289. The topological polar surface area (TPSA) is 24.9 Å². The Balaban J connectivity index is 2.11. The molecule has 0 radical (unpaired) electrons. The van der Waals surface area contributed by atoms with Gasteiger partial charge in [-0.15, -0.1) is 0 Å². The Hall–Kier alpha value is 0.170. The van der Waals surface area contributed by atoms with E-state index in [0.29, 0.717) is 21.9 Å². The molecule has 1 aliphatic heterocycles. The highest BCUT2D eigenvalue weighted by molar-refractivity contribution is 7.99. The largest absolute Gasteiger partial charge is 0.365 e. The lowest BCUT2D eigenvalue weighted by Gasteiger charge is -2.23. The maximum absolute atomic E-state index is 6.05. The van der Waals surface area contributed by atoms with Gasteiger partial charge in [-0.3, -0.25) is 0 Å². The van der Waals surface area contributed by atoms with E-state index in [1.54, 1.807) is 6.07 Å². The summed E-state index contributed by atoms with van der Waals surface area (Å²) in [6.07, 6.45) is 2.37. The normalized spacial score (nSPS) is 20.8. The summed E-state index contributed by atoms with van der Waals surface area (Å²) in [6.45, 7) is 0. The van der Waals surface area contributed by atoms with E-state index < -0.39 is 0 Å². The summed E-state index contributed by atoms with van der Waals surface area (Å²) in [5, 5.41) is 4.50. The van der Waals surface area contributed by atoms with Gasteiger partial charge in [-0.05, 0) is 24.7 Å². The lowest BCUT2D eigenvalue weighted by Crippen LogP contribution is -2.26. The summed E-state index contributed by atoms with van der Waals surface area (Å²) in [5.74, 6) is 2.95. The second-order valence-corrected chi connectivity index (χ2v) is 5.97. The predicted molar refractivity (Wildman–Crippen MR) is 73.2 cm³/mol. The van der Waals surface area contributed by atoms with E-state index in [1.165, 1.54) is 12.2 Å². The lowest BCUT2D eigenvalue weighted by atomic mass is 10.2. The average Bonchev–Trinajstić information content (AvgIpc) is 2.27. The highest BCUT2D eigenvalue weighted by Gasteiger charge is 2.16. The summed E-state index contributed by atoms with van der Waals surface area (Å²) >= 11 is 19.7. The van der Waals surface area contributed by atoms with Gasteiger partial charge in [-0.25, -0.2) is 4.98 Å². The second kappa shape index (κ2) is 5.67. The van der Waals surface area contributed by atoms with Crippen LogP contribution in [0.1, 0.15) is 12.8 Å². The van der Waals surface area contributed by atoms with Crippen molar-refractivity contribution in [2.75, 3.05) is 16.8 Å².